The number of hydrogen-bond donors (Lipinski definition) is 1. The molecule has 0 aliphatic carbocycles. The maximum absolute atomic E-state index is 6.19. The van der Waals surface area contributed by atoms with Gasteiger partial charge in [-0.25, -0.2) is 0 Å². The highest BCUT2D eigenvalue weighted by molar-refractivity contribution is 6.32. The average Bonchev–Trinajstić information content (AvgIpc) is 2.45. The Bertz CT molecular complexity index is 387. The van der Waals surface area contributed by atoms with Gasteiger partial charge in [-0.05, 0) is 24.5 Å². The van der Waals surface area contributed by atoms with E-state index in [1.165, 1.54) is 0 Å². The molecule has 0 heterocycles. The van der Waals surface area contributed by atoms with Gasteiger partial charge in [0.25, 0.3) is 0 Å². The van der Waals surface area contributed by atoms with Gasteiger partial charge in [0.05, 0.1) is 24.8 Å². The minimum absolute atomic E-state index is 0.119. The minimum atomic E-state index is 0.119. The molecule has 20 heavy (non-hydrogen) atoms. The Morgan fingerprint density at radius 3 is 2.65 bits per heavy atom. The van der Waals surface area contributed by atoms with Crippen LogP contribution in [0.15, 0.2) is 18.2 Å². The number of rotatable bonds is 10. The number of nitrogens with two attached hydrogens (primary N) is 1. The summed E-state index contributed by atoms with van der Waals surface area (Å²) in [5.41, 5.74) is 7.04. The lowest BCUT2D eigenvalue weighted by molar-refractivity contribution is 0.0543. The van der Waals surface area contributed by atoms with E-state index in [0.29, 0.717) is 37.2 Å². The van der Waals surface area contributed by atoms with Crippen molar-refractivity contribution in [2.45, 2.75) is 25.8 Å². The lowest BCUT2D eigenvalue weighted by atomic mass is 10.0. The third-order valence-electron chi connectivity index (χ3n) is 2.96. The third kappa shape index (κ3) is 6.09. The normalized spacial score (nSPS) is 12.4. The van der Waals surface area contributed by atoms with Gasteiger partial charge in [-0.3, -0.25) is 0 Å². The van der Waals surface area contributed by atoms with Crippen molar-refractivity contribution < 1.29 is 14.2 Å². The van der Waals surface area contributed by atoms with Crippen molar-refractivity contribution in [3.8, 4) is 5.75 Å². The van der Waals surface area contributed by atoms with E-state index in [9.17, 15) is 0 Å². The first-order valence-corrected chi connectivity index (χ1v) is 7.29. The summed E-state index contributed by atoms with van der Waals surface area (Å²) in [7, 11) is 1.65. The molecular weight excluding hydrogens is 278 g/mol. The van der Waals surface area contributed by atoms with Crippen molar-refractivity contribution in [1.82, 2.24) is 0 Å². The van der Waals surface area contributed by atoms with Crippen LogP contribution in [0, 0.1) is 0 Å². The largest absolute Gasteiger partial charge is 0.489 e. The molecule has 1 rings (SSSR count). The maximum atomic E-state index is 6.19. The fourth-order valence-corrected chi connectivity index (χ4v) is 2.00. The third-order valence-corrected chi connectivity index (χ3v) is 3.26. The van der Waals surface area contributed by atoms with Crippen LogP contribution in [0.2, 0.25) is 5.02 Å². The Hall–Kier alpha value is -0.810. The van der Waals surface area contributed by atoms with Crippen molar-refractivity contribution in [2.75, 3.05) is 33.5 Å². The van der Waals surface area contributed by atoms with Crippen LogP contribution < -0.4 is 10.5 Å². The standard InChI is InChI=1S/C15H24ClNO3/c1-3-13(17)11-12-5-4-6-14(16)15(12)20-10-9-19-8-7-18-2/h4-6,13H,3,7-11,17H2,1-2H3. The van der Waals surface area contributed by atoms with E-state index >= 15 is 0 Å². The predicted molar refractivity (Wildman–Crippen MR) is 81.6 cm³/mol. The molecule has 1 unspecified atom stereocenters. The molecule has 0 amide bonds. The van der Waals surface area contributed by atoms with Crippen LogP contribution in [0.5, 0.6) is 5.75 Å². The number of hydrogen-bond acceptors (Lipinski definition) is 4. The van der Waals surface area contributed by atoms with Crippen molar-refractivity contribution >= 4 is 11.6 Å². The van der Waals surface area contributed by atoms with Gasteiger partial charge in [0.2, 0.25) is 0 Å². The van der Waals surface area contributed by atoms with E-state index in [4.69, 9.17) is 31.5 Å². The highest BCUT2D eigenvalue weighted by Crippen LogP contribution is 2.29. The second kappa shape index (κ2) is 10.00. The highest BCUT2D eigenvalue weighted by atomic mass is 35.5. The summed E-state index contributed by atoms with van der Waals surface area (Å²) in [5.74, 6) is 0.716. The van der Waals surface area contributed by atoms with Crippen LogP contribution in [0.1, 0.15) is 18.9 Å². The molecule has 0 saturated carbocycles. The van der Waals surface area contributed by atoms with E-state index in [-0.39, 0.29) is 6.04 Å². The van der Waals surface area contributed by atoms with Gasteiger partial charge >= 0.3 is 0 Å². The van der Waals surface area contributed by atoms with Crippen LogP contribution in [-0.4, -0.2) is 39.6 Å². The Morgan fingerprint density at radius 2 is 1.95 bits per heavy atom. The Labute approximate surface area is 126 Å². The van der Waals surface area contributed by atoms with E-state index < -0.39 is 0 Å². The Balaban J connectivity index is 2.50. The number of ether oxygens (including phenoxy) is 3. The maximum Gasteiger partial charge on any atom is 0.141 e. The summed E-state index contributed by atoms with van der Waals surface area (Å²) in [6.07, 6.45) is 1.68. The van der Waals surface area contributed by atoms with Crippen molar-refractivity contribution in [2.24, 2.45) is 5.73 Å². The zero-order valence-corrected chi connectivity index (χ0v) is 13.0. The molecule has 2 N–H and O–H groups in total. The summed E-state index contributed by atoms with van der Waals surface area (Å²) in [6.45, 7) is 4.19. The SMILES string of the molecule is CCC(N)Cc1cccc(Cl)c1OCCOCCOC. The van der Waals surface area contributed by atoms with Gasteiger partial charge in [-0.15, -0.1) is 0 Å². The second-order valence-corrected chi connectivity index (χ2v) is 4.96. The molecule has 0 spiro atoms. The zero-order valence-electron chi connectivity index (χ0n) is 12.2. The Kier molecular flexibility index (Phi) is 8.62. The molecule has 5 heteroatoms. The molecule has 0 fully saturated rings. The summed E-state index contributed by atoms with van der Waals surface area (Å²) < 4.78 is 16.0. The fraction of sp³-hybridized carbons (Fsp3) is 0.600. The lowest BCUT2D eigenvalue weighted by Gasteiger charge is -2.15. The Morgan fingerprint density at radius 1 is 1.20 bits per heavy atom. The molecule has 0 aliphatic rings. The van der Waals surface area contributed by atoms with Gasteiger partial charge in [0.1, 0.15) is 12.4 Å². The van der Waals surface area contributed by atoms with Gasteiger partial charge in [-0.1, -0.05) is 30.7 Å². The molecule has 1 aromatic rings. The topological polar surface area (TPSA) is 53.7 Å². The zero-order chi connectivity index (χ0) is 14.8. The molecule has 1 atom stereocenters. The smallest absolute Gasteiger partial charge is 0.141 e. The first-order valence-electron chi connectivity index (χ1n) is 6.91. The second-order valence-electron chi connectivity index (χ2n) is 4.55. The van der Waals surface area contributed by atoms with Crippen LogP contribution in [0.3, 0.4) is 0 Å². The summed E-state index contributed by atoms with van der Waals surface area (Å²) in [6, 6.07) is 5.86. The highest BCUT2D eigenvalue weighted by Gasteiger charge is 2.11. The molecule has 0 bridgehead atoms. The molecule has 114 valence electrons. The molecule has 1 aromatic carbocycles. The number of para-hydroxylation sites is 1. The first kappa shape index (κ1) is 17.2. The van der Waals surface area contributed by atoms with Crippen LogP contribution in [-0.2, 0) is 15.9 Å². The van der Waals surface area contributed by atoms with Crippen molar-refractivity contribution in [3.05, 3.63) is 28.8 Å². The van der Waals surface area contributed by atoms with Gasteiger partial charge < -0.3 is 19.9 Å². The summed E-state index contributed by atoms with van der Waals surface area (Å²) in [5, 5.41) is 0.614. The number of benzene rings is 1. The van der Waals surface area contributed by atoms with Gasteiger partial charge in [-0.2, -0.15) is 0 Å². The van der Waals surface area contributed by atoms with E-state index in [0.717, 1.165) is 18.4 Å². The van der Waals surface area contributed by atoms with E-state index in [1.54, 1.807) is 7.11 Å². The van der Waals surface area contributed by atoms with Crippen LogP contribution in [0.4, 0.5) is 0 Å². The van der Waals surface area contributed by atoms with Gasteiger partial charge in [0, 0.05) is 13.2 Å². The van der Waals surface area contributed by atoms with Crippen molar-refractivity contribution in [1.29, 1.82) is 0 Å². The van der Waals surface area contributed by atoms with Crippen LogP contribution in [0.25, 0.3) is 0 Å². The summed E-state index contributed by atoms with van der Waals surface area (Å²) >= 11 is 6.19. The minimum Gasteiger partial charge on any atom is -0.489 e. The average molecular weight is 302 g/mol. The van der Waals surface area contributed by atoms with E-state index in [1.807, 2.05) is 18.2 Å². The predicted octanol–water partition coefficient (Wildman–Crippen LogP) is 2.66. The molecule has 0 radical (unpaired) electrons. The quantitative estimate of drug-likeness (QED) is 0.675. The first-order chi connectivity index (χ1) is 9.69. The van der Waals surface area contributed by atoms with Gasteiger partial charge in [0.15, 0.2) is 0 Å². The molecule has 0 aliphatic heterocycles. The summed E-state index contributed by atoms with van der Waals surface area (Å²) in [4.78, 5) is 0. The fourth-order valence-electron chi connectivity index (χ4n) is 1.75. The molecule has 4 nitrogen and oxygen atoms in total. The number of methoxy groups -OCH3 is 1. The molecule has 0 saturated heterocycles. The molecule has 0 aromatic heterocycles. The molecular formula is C15H24ClNO3. The van der Waals surface area contributed by atoms with E-state index in [2.05, 4.69) is 6.92 Å². The van der Waals surface area contributed by atoms with Crippen LogP contribution >= 0.6 is 11.6 Å². The monoisotopic (exact) mass is 301 g/mol. The lowest BCUT2D eigenvalue weighted by Crippen LogP contribution is -2.22. The number of halogens is 1. The van der Waals surface area contributed by atoms with Crippen molar-refractivity contribution in [3.63, 3.8) is 0 Å².